The number of aromatic nitrogens is 1. The average molecular weight is 334 g/mol. The number of urea groups is 1. The van der Waals surface area contributed by atoms with E-state index in [2.05, 4.69) is 20.5 Å². The summed E-state index contributed by atoms with van der Waals surface area (Å²) in [4.78, 5) is 19.2. The number of rotatable bonds is 6. The van der Waals surface area contributed by atoms with Crippen molar-refractivity contribution >= 4 is 22.5 Å². The second kappa shape index (κ2) is 7.94. The first-order chi connectivity index (χ1) is 11.0. The molecule has 7 heteroatoms. The van der Waals surface area contributed by atoms with E-state index in [9.17, 15) is 4.79 Å². The van der Waals surface area contributed by atoms with Crippen molar-refractivity contribution in [3.63, 3.8) is 0 Å². The van der Waals surface area contributed by atoms with E-state index in [-0.39, 0.29) is 12.1 Å². The molecule has 23 heavy (non-hydrogen) atoms. The van der Waals surface area contributed by atoms with Crippen LogP contribution in [0.4, 0.5) is 9.93 Å². The number of carbonyl (C=O) groups excluding carboxylic acids is 1. The van der Waals surface area contributed by atoms with Crippen LogP contribution in [-0.2, 0) is 0 Å². The fraction of sp³-hybridized carbons (Fsp3) is 0.375. The van der Waals surface area contributed by atoms with Gasteiger partial charge in [-0.25, -0.2) is 9.78 Å². The molecule has 2 amide bonds. The maximum Gasteiger partial charge on any atom is 0.321 e. The Bertz CT molecular complexity index is 640. The average Bonchev–Trinajstić information content (AvgIpc) is 2.92. The van der Waals surface area contributed by atoms with Crippen LogP contribution in [0, 0.1) is 6.92 Å². The summed E-state index contributed by atoms with van der Waals surface area (Å²) in [5.41, 5.74) is 1.11. The van der Waals surface area contributed by atoms with E-state index in [1.54, 1.807) is 13.3 Å². The number of ether oxygens (including phenoxy) is 1. The Balaban J connectivity index is 1.94. The Morgan fingerprint density at radius 1 is 1.35 bits per heavy atom. The minimum absolute atomic E-state index is 0.0738. The van der Waals surface area contributed by atoms with Gasteiger partial charge in [0.2, 0.25) is 0 Å². The van der Waals surface area contributed by atoms with Gasteiger partial charge in [-0.1, -0.05) is 12.1 Å². The number of anilines is 1. The van der Waals surface area contributed by atoms with Gasteiger partial charge in [0.15, 0.2) is 5.13 Å². The zero-order chi connectivity index (χ0) is 16.8. The van der Waals surface area contributed by atoms with Crippen LogP contribution in [0.25, 0.3) is 0 Å². The Morgan fingerprint density at radius 3 is 2.57 bits per heavy atom. The summed E-state index contributed by atoms with van der Waals surface area (Å²) in [6.07, 6.45) is 1.74. The van der Waals surface area contributed by atoms with Crippen LogP contribution in [0.15, 0.2) is 30.5 Å². The SMILES string of the molecule is COc1ccc([C@H](CNC(=O)Nc2ncc(C)s2)N(C)C)cc1. The van der Waals surface area contributed by atoms with Crippen LogP contribution in [0.2, 0.25) is 0 Å². The molecule has 2 rings (SSSR count). The smallest absolute Gasteiger partial charge is 0.321 e. The van der Waals surface area contributed by atoms with Crippen LogP contribution < -0.4 is 15.4 Å². The summed E-state index contributed by atoms with van der Waals surface area (Å²) in [5.74, 6) is 0.816. The Labute approximate surface area is 140 Å². The van der Waals surface area contributed by atoms with Gasteiger partial charge < -0.3 is 15.0 Å². The molecule has 0 saturated heterocycles. The number of hydrogen-bond acceptors (Lipinski definition) is 5. The highest BCUT2D eigenvalue weighted by Crippen LogP contribution is 2.21. The minimum atomic E-state index is -0.250. The zero-order valence-electron chi connectivity index (χ0n) is 13.8. The molecule has 0 unspecified atom stereocenters. The van der Waals surface area contributed by atoms with Gasteiger partial charge in [0.25, 0.3) is 0 Å². The van der Waals surface area contributed by atoms with E-state index < -0.39 is 0 Å². The van der Waals surface area contributed by atoms with E-state index in [4.69, 9.17) is 4.74 Å². The van der Waals surface area contributed by atoms with Crippen molar-refractivity contribution in [2.75, 3.05) is 33.1 Å². The lowest BCUT2D eigenvalue weighted by atomic mass is 10.1. The summed E-state index contributed by atoms with van der Waals surface area (Å²) in [6.45, 7) is 2.45. The van der Waals surface area contributed by atoms with Gasteiger partial charge in [-0.05, 0) is 38.7 Å². The molecule has 0 bridgehead atoms. The molecule has 0 aliphatic heterocycles. The number of thiazole rings is 1. The third-order valence-electron chi connectivity index (χ3n) is 3.42. The van der Waals surface area contributed by atoms with Crippen molar-refractivity contribution in [3.8, 4) is 5.75 Å². The summed E-state index contributed by atoms with van der Waals surface area (Å²) in [7, 11) is 5.61. The highest BCUT2D eigenvalue weighted by Gasteiger charge is 2.15. The van der Waals surface area contributed by atoms with Crippen molar-refractivity contribution in [1.29, 1.82) is 0 Å². The molecule has 2 N–H and O–H groups in total. The molecular weight excluding hydrogens is 312 g/mol. The number of carbonyl (C=O) groups is 1. The molecule has 1 aromatic carbocycles. The summed E-state index contributed by atoms with van der Waals surface area (Å²) < 4.78 is 5.18. The van der Waals surface area contributed by atoms with E-state index in [1.165, 1.54) is 11.3 Å². The number of nitrogens with one attached hydrogen (secondary N) is 2. The van der Waals surface area contributed by atoms with Crippen molar-refractivity contribution in [2.45, 2.75) is 13.0 Å². The molecule has 1 aromatic heterocycles. The quantitative estimate of drug-likeness (QED) is 0.852. The van der Waals surface area contributed by atoms with E-state index >= 15 is 0 Å². The molecule has 0 aliphatic rings. The van der Waals surface area contributed by atoms with Crippen molar-refractivity contribution < 1.29 is 9.53 Å². The second-order valence-corrected chi connectivity index (χ2v) is 6.60. The topological polar surface area (TPSA) is 66.5 Å². The number of amides is 2. The van der Waals surface area contributed by atoms with Gasteiger partial charge in [-0.2, -0.15) is 0 Å². The van der Waals surface area contributed by atoms with Gasteiger partial charge in [-0.3, -0.25) is 5.32 Å². The predicted molar refractivity (Wildman–Crippen MR) is 93.3 cm³/mol. The lowest BCUT2D eigenvalue weighted by Gasteiger charge is -2.25. The molecule has 0 spiro atoms. The third kappa shape index (κ3) is 4.94. The normalized spacial score (nSPS) is 12.0. The van der Waals surface area contributed by atoms with E-state index in [0.29, 0.717) is 11.7 Å². The maximum atomic E-state index is 12.0. The van der Waals surface area contributed by atoms with Crippen LogP contribution in [0.1, 0.15) is 16.5 Å². The first kappa shape index (κ1) is 17.2. The molecule has 0 radical (unpaired) electrons. The van der Waals surface area contributed by atoms with Gasteiger partial charge in [0.05, 0.1) is 13.2 Å². The number of methoxy groups -OCH3 is 1. The lowest BCUT2D eigenvalue weighted by molar-refractivity contribution is 0.243. The Hall–Kier alpha value is -2.12. The predicted octanol–water partition coefficient (Wildman–Crippen LogP) is 2.88. The molecule has 0 aliphatic carbocycles. The number of aryl methyl sites for hydroxylation is 1. The molecule has 6 nitrogen and oxygen atoms in total. The summed E-state index contributed by atoms with van der Waals surface area (Å²) >= 11 is 1.45. The van der Waals surface area contributed by atoms with Gasteiger partial charge in [0.1, 0.15) is 5.75 Å². The maximum absolute atomic E-state index is 12.0. The summed E-state index contributed by atoms with van der Waals surface area (Å²) in [5, 5.41) is 6.24. The minimum Gasteiger partial charge on any atom is -0.497 e. The van der Waals surface area contributed by atoms with Gasteiger partial charge in [0, 0.05) is 17.6 Å². The molecule has 0 saturated carbocycles. The number of benzene rings is 1. The number of hydrogen-bond donors (Lipinski definition) is 2. The molecular formula is C16H22N4O2S. The zero-order valence-corrected chi connectivity index (χ0v) is 14.6. The number of nitrogens with zero attached hydrogens (tertiary/aromatic N) is 2. The molecule has 1 heterocycles. The van der Waals surface area contributed by atoms with Crippen LogP contribution in [-0.4, -0.2) is 43.7 Å². The largest absolute Gasteiger partial charge is 0.497 e. The first-order valence-electron chi connectivity index (χ1n) is 7.27. The second-order valence-electron chi connectivity index (χ2n) is 5.36. The Kier molecular flexibility index (Phi) is 5.95. The Morgan fingerprint density at radius 2 is 2.04 bits per heavy atom. The van der Waals surface area contributed by atoms with Crippen LogP contribution in [0.5, 0.6) is 5.75 Å². The molecule has 124 valence electrons. The molecule has 1 atom stereocenters. The first-order valence-corrected chi connectivity index (χ1v) is 8.09. The van der Waals surface area contributed by atoms with E-state index in [1.807, 2.05) is 45.3 Å². The fourth-order valence-electron chi connectivity index (χ4n) is 2.17. The van der Waals surface area contributed by atoms with E-state index in [0.717, 1.165) is 16.2 Å². The monoisotopic (exact) mass is 334 g/mol. The number of likely N-dealkylation sites (N-methyl/N-ethyl adjacent to an activating group) is 1. The van der Waals surface area contributed by atoms with Gasteiger partial charge in [-0.15, -0.1) is 11.3 Å². The van der Waals surface area contributed by atoms with Crippen molar-refractivity contribution in [3.05, 3.63) is 40.9 Å². The fourth-order valence-corrected chi connectivity index (χ4v) is 2.83. The summed E-state index contributed by atoms with van der Waals surface area (Å²) in [6, 6.07) is 7.68. The van der Waals surface area contributed by atoms with Crippen molar-refractivity contribution in [1.82, 2.24) is 15.2 Å². The molecule has 0 fully saturated rings. The van der Waals surface area contributed by atoms with Crippen LogP contribution in [0.3, 0.4) is 0 Å². The van der Waals surface area contributed by atoms with Crippen molar-refractivity contribution in [2.24, 2.45) is 0 Å². The molecule has 2 aromatic rings. The highest BCUT2D eigenvalue weighted by molar-refractivity contribution is 7.15. The highest BCUT2D eigenvalue weighted by atomic mass is 32.1. The lowest BCUT2D eigenvalue weighted by Crippen LogP contribution is -2.36. The van der Waals surface area contributed by atoms with Gasteiger partial charge >= 0.3 is 6.03 Å². The third-order valence-corrected chi connectivity index (χ3v) is 4.25. The standard InChI is InChI=1S/C16H22N4O2S/c1-11-9-18-16(23-11)19-15(21)17-10-14(20(2)3)12-5-7-13(22-4)8-6-12/h5-9,14H,10H2,1-4H3,(H2,17,18,19,21)/t14-/m0/s1. The van der Waals surface area contributed by atoms with Crippen LogP contribution >= 0.6 is 11.3 Å².